The molecule has 0 unspecified atom stereocenters. The maximum absolute atomic E-state index is 10.4. The van der Waals surface area contributed by atoms with Gasteiger partial charge in [-0.15, -0.1) is 0 Å². The lowest BCUT2D eigenvalue weighted by atomic mass is 10.2. The molecule has 0 aliphatic heterocycles. The fraction of sp³-hybridized carbons (Fsp3) is 0.200. The average molecular weight is 333 g/mol. The number of carboxylic acids is 1. The van der Waals surface area contributed by atoms with Gasteiger partial charge in [-0.3, -0.25) is 20.2 Å². The summed E-state index contributed by atoms with van der Waals surface area (Å²) < 4.78 is 0. The van der Waals surface area contributed by atoms with Crippen molar-refractivity contribution in [1.82, 2.24) is 0 Å². The molecule has 126 valence electrons. The highest BCUT2D eigenvalue weighted by molar-refractivity contribution is 5.87. The first-order valence-electron chi connectivity index (χ1n) is 6.72. The number of carbonyl (C=O) groups excluding carboxylic acids is 1. The zero-order chi connectivity index (χ0) is 18.4. The lowest BCUT2D eigenvalue weighted by molar-refractivity contribution is -0.397. The second-order valence-corrected chi connectivity index (χ2v) is 5.06. The minimum atomic E-state index is -1.71. The van der Waals surface area contributed by atoms with E-state index in [0.29, 0.717) is 18.2 Å². The lowest BCUT2D eigenvalue weighted by Crippen LogP contribution is -2.22. The van der Waals surface area contributed by atoms with Gasteiger partial charge >= 0.3 is 0 Å². The highest BCUT2D eigenvalue weighted by Crippen LogP contribution is 2.22. The van der Waals surface area contributed by atoms with Gasteiger partial charge in [-0.1, -0.05) is 0 Å². The molecule has 0 radical (unpaired) electrons. The SMILES string of the molecule is Cc1cc(C)[nH+]c(C)c1.O=C([O-])c1cc([N+](=O)[O-])cc([N+](=O)[O-])c1. The maximum Gasteiger partial charge on any atom is 0.276 e. The van der Waals surface area contributed by atoms with Crippen LogP contribution >= 0.6 is 0 Å². The molecule has 9 nitrogen and oxygen atoms in total. The van der Waals surface area contributed by atoms with Crippen LogP contribution in [0.15, 0.2) is 30.3 Å². The van der Waals surface area contributed by atoms with Crippen molar-refractivity contribution in [3.63, 3.8) is 0 Å². The Hall–Kier alpha value is -3.36. The summed E-state index contributed by atoms with van der Waals surface area (Å²) in [4.78, 5) is 32.4. The highest BCUT2D eigenvalue weighted by Gasteiger charge is 2.16. The van der Waals surface area contributed by atoms with Gasteiger partial charge in [-0.2, -0.15) is 0 Å². The van der Waals surface area contributed by atoms with Crippen molar-refractivity contribution in [3.05, 3.63) is 73.1 Å². The lowest BCUT2D eigenvalue weighted by Gasteiger charge is -2.01. The number of nitro groups is 2. The molecule has 0 saturated carbocycles. The summed E-state index contributed by atoms with van der Waals surface area (Å²) in [6.07, 6.45) is 0. The number of aromatic amines is 1. The number of hydrogen-bond acceptors (Lipinski definition) is 6. The third kappa shape index (κ3) is 5.44. The number of rotatable bonds is 3. The van der Waals surface area contributed by atoms with E-state index in [-0.39, 0.29) is 0 Å². The fourth-order valence-corrected chi connectivity index (χ4v) is 2.03. The molecule has 0 fully saturated rings. The monoisotopic (exact) mass is 333 g/mol. The van der Waals surface area contributed by atoms with Gasteiger partial charge in [0.25, 0.3) is 11.4 Å². The average Bonchev–Trinajstić information content (AvgIpc) is 2.45. The first kappa shape index (κ1) is 18.7. The number of non-ortho nitro benzene ring substituents is 2. The van der Waals surface area contributed by atoms with Crippen molar-refractivity contribution in [2.45, 2.75) is 20.8 Å². The van der Waals surface area contributed by atoms with Crippen molar-refractivity contribution in [2.75, 3.05) is 0 Å². The second kappa shape index (κ2) is 7.77. The van der Waals surface area contributed by atoms with E-state index in [9.17, 15) is 30.1 Å². The van der Waals surface area contributed by atoms with Crippen LogP contribution < -0.4 is 10.1 Å². The molecule has 0 aliphatic rings. The quantitative estimate of drug-likeness (QED) is 0.612. The predicted octanol–water partition coefficient (Wildman–Crippen LogP) is 1.29. The number of pyridine rings is 1. The zero-order valence-electron chi connectivity index (χ0n) is 13.2. The number of aryl methyl sites for hydroxylation is 3. The molecule has 1 aromatic carbocycles. The first-order chi connectivity index (χ1) is 11.1. The standard InChI is InChI=1S/C8H11N.C7H4N2O6/c1-6-4-7(2)9-8(3)5-6;10-7(11)4-1-5(8(12)13)3-6(2-4)9(14)15/h4-5H,1-3H3;1-3H,(H,10,11). The van der Waals surface area contributed by atoms with E-state index in [0.717, 1.165) is 0 Å². The molecule has 1 aromatic heterocycles. The molecule has 0 amide bonds. The molecule has 9 heteroatoms. The number of H-pyrrole nitrogens is 1. The molecule has 0 aliphatic carbocycles. The largest absolute Gasteiger partial charge is 0.545 e. The van der Waals surface area contributed by atoms with Crippen LogP contribution in [0.2, 0.25) is 0 Å². The number of aromatic nitrogens is 1. The number of carboxylic acid groups (broad SMARTS) is 1. The van der Waals surface area contributed by atoms with Crippen molar-refractivity contribution >= 4 is 17.3 Å². The van der Waals surface area contributed by atoms with Gasteiger partial charge in [-0.05, 0) is 12.5 Å². The number of nitrogens with zero attached hydrogens (tertiary/aromatic N) is 2. The van der Waals surface area contributed by atoms with E-state index in [1.807, 2.05) is 0 Å². The number of nitrogens with one attached hydrogen (secondary N) is 1. The summed E-state index contributed by atoms with van der Waals surface area (Å²) in [6.45, 7) is 6.24. The summed E-state index contributed by atoms with van der Waals surface area (Å²) in [6, 6.07) is 6.33. The minimum Gasteiger partial charge on any atom is -0.545 e. The minimum absolute atomic E-state index is 0.601. The van der Waals surface area contributed by atoms with Crippen molar-refractivity contribution in [3.8, 4) is 0 Å². The van der Waals surface area contributed by atoms with Crippen LogP contribution in [-0.4, -0.2) is 15.8 Å². The molecule has 0 atom stereocenters. The van der Waals surface area contributed by atoms with Crippen LogP contribution in [0.25, 0.3) is 0 Å². The number of aromatic carboxylic acids is 1. The van der Waals surface area contributed by atoms with Crippen LogP contribution in [0.1, 0.15) is 27.3 Å². The summed E-state index contributed by atoms with van der Waals surface area (Å²) in [5.41, 5.74) is 1.85. The van der Waals surface area contributed by atoms with Gasteiger partial charge in [0.1, 0.15) is 0 Å². The molecule has 0 spiro atoms. The van der Waals surface area contributed by atoms with Crippen molar-refractivity contribution in [1.29, 1.82) is 0 Å². The third-order valence-electron chi connectivity index (χ3n) is 2.84. The molecular weight excluding hydrogens is 318 g/mol. The molecule has 2 rings (SSSR count). The number of hydrogen-bond donors (Lipinski definition) is 0. The Morgan fingerprint density at radius 1 is 0.875 bits per heavy atom. The van der Waals surface area contributed by atoms with Gasteiger partial charge in [0.15, 0.2) is 11.4 Å². The highest BCUT2D eigenvalue weighted by atomic mass is 16.6. The topological polar surface area (TPSA) is 141 Å². The van der Waals surface area contributed by atoms with Crippen molar-refractivity contribution < 1.29 is 24.7 Å². The Bertz CT molecular complexity index is 674. The molecule has 24 heavy (non-hydrogen) atoms. The Kier molecular flexibility index (Phi) is 6.05. The number of benzene rings is 1. The second-order valence-electron chi connectivity index (χ2n) is 5.06. The van der Waals surface area contributed by atoms with E-state index in [1.54, 1.807) is 0 Å². The molecule has 0 bridgehead atoms. The van der Waals surface area contributed by atoms with E-state index in [4.69, 9.17) is 0 Å². The number of nitro benzene ring substituents is 2. The van der Waals surface area contributed by atoms with Crippen molar-refractivity contribution in [2.24, 2.45) is 0 Å². The molecular formula is C15H15N3O6. The van der Waals surface area contributed by atoms with E-state index in [1.165, 1.54) is 17.0 Å². The van der Waals surface area contributed by atoms with Crippen LogP contribution in [0, 0.1) is 41.0 Å². The molecule has 1 N–H and O–H groups in total. The van der Waals surface area contributed by atoms with E-state index < -0.39 is 32.8 Å². The summed E-state index contributed by atoms with van der Waals surface area (Å²) in [5.74, 6) is -1.71. The summed E-state index contributed by atoms with van der Waals surface area (Å²) in [5, 5.41) is 31.0. The molecule has 1 heterocycles. The van der Waals surface area contributed by atoms with Crippen LogP contribution in [-0.2, 0) is 0 Å². The predicted molar refractivity (Wildman–Crippen MR) is 81.3 cm³/mol. The van der Waals surface area contributed by atoms with E-state index >= 15 is 0 Å². The Balaban J connectivity index is 0.000000272. The van der Waals surface area contributed by atoms with Crippen LogP contribution in [0.5, 0.6) is 0 Å². The van der Waals surface area contributed by atoms with Gasteiger partial charge in [0, 0.05) is 43.7 Å². The smallest absolute Gasteiger partial charge is 0.276 e. The van der Waals surface area contributed by atoms with Gasteiger partial charge < -0.3 is 9.90 Å². The Morgan fingerprint density at radius 2 is 1.29 bits per heavy atom. The first-order valence-corrected chi connectivity index (χ1v) is 6.72. The Morgan fingerprint density at radius 3 is 1.58 bits per heavy atom. The normalized spacial score (nSPS) is 9.62. The number of carbonyl (C=O) groups is 1. The molecule has 2 aromatic rings. The van der Waals surface area contributed by atoms with Gasteiger partial charge in [0.05, 0.1) is 21.9 Å². The zero-order valence-corrected chi connectivity index (χ0v) is 13.2. The molecule has 0 saturated heterocycles. The van der Waals surface area contributed by atoms with E-state index in [2.05, 4.69) is 37.9 Å². The maximum atomic E-state index is 10.4. The fourth-order valence-electron chi connectivity index (χ4n) is 2.03. The summed E-state index contributed by atoms with van der Waals surface area (Å²) in [7, 11) is 0. The summed E-state index contributed by atoms with van der Waals surface area (Å²) >= 11 is 0. The van der Waals surface area contributed by atoms with Crippen LogP contribution in [0.4, 0.5) is 11.4 Å². The van der Waals surface area contributed by atoms with Gasteiger partial charge in [-0.25, -0.2) is 4.98 Å². The van der Waals surface area contributed by atoms with Gasteiger partial charge in [0.2, 0.25) is 0 Å². The third-order valence-corrected chi connectivity index (χ3v) is 2.84. The Labute approximate surface area is 136 Å². The van der Waals surface area contributed by atoms with Crippen LogP contribution in [0.3, 0.4) is 0 Å².